The van der Waals surface area contributed by atoms with Crippen LogP contribution in [-0.4, -0.2) is 33.2 Å². The van der Waals surface area contributed by atoms with Gasteiger partial charge in [0.1, 0.15) is 0 Å². The first-order valence-corrected chi connectivity index (χ1v) is 11.8. The van der Waals surface area contributed by atoms with Gasteiger partial charge in [-0.1, -0.05) is 69.2 Å². The molecule has 1 saturated carbocycles. The molecule has 7 heteroatoms. The smallest absolute Gasteiger partial charge is 0.290 e. The van der Waals surface area contributed by atoms with Crippen LogP contribution in [0.2, 0.25) is 0 Å². The number of ketones is 1. The topological polar surface area (TPSA) is 101 Å². The molecule has 1 heterocycles. The molecular formula is C27H30N2O5. The van der Waals surface area contributed by atoms with E-state index in [1.807, 2.05) is 44.2 Å². The fourth-order valence-electron chi connectivity index (χ4n) is 5.50. The van der Waals surface area contributed by atoms with E-state index in [1.54, 1.807) is 18.2 Å². The van der Waals surface area contributed by atoms with E-state index in [0.717, 1.165) is 31.2 Å². The van der Waals surface area contributed by atoms with Crippen LogP contribution in [0.4, 0.5) is 5.69 Å². The summed E-state index contributed by atoms with van der Waals surface area (Å²) >= 11 is 0. The van der Waals surface area contributed by atoms with E-state index in [0.29, 0.717) is 0 Å². The number of benzene rings is 2. The number of amides is 1. The van der Waals surface area contributed by atoms with Crippen LogP contribution in [0.25, 0.3) is 0 Å². The Labute approximate surface area is 199 Å². The Bertz CT molecular complexity index is 1130. The monoisotopic (exact) mass is 462 g/mol. The van der Waals surface area contributed by atoms with Crippen LogP contribution >= 0.6 is 0 Å². The number of nitro groups is 1. The van der Waals surface area contributed by atoms with Gasteiger partial charge in [-0.3, -0.25) is 19.7 Å². The van der Waals surface area contributed by atoms with Gasteiger partial charge in [-0.25, -0.2) is 0 Å². The summed E-state index contributed by atoms with van der Waals surface area (Å²) in [6.07, 6.45) is 3.87. The predicted molar refractivity (Wildman–Crippen MR) is 128 cm³/mol. The molecule has 1 fully saturated rings. The minimum absolute atomic E-state index is 0.00820. The quantitative estimate of drug-likeness (QED) is 0.417. The molecule has 178 valence electrons. The molecule has 1 amide bonds. The van der Waals surface area contributed by atoms with Crippen molar-refractivity contribution in [2.24, 2.45) is 5.92 Å². The van der Waals surface area contributed by atoms with Crippen molar-refractivity contribution in [1.82, 2.24) is 4.90 Å². The highest BCUT2D eigenvalue weighted by Crippen LogP contribution is 2.47. The summed E-state index contributed by atoms with van der Waals surface area (Å²) in [6.45, 7) is 4.04. The normalized spacial score (nSPS) is 19.8. The van der Waals surface area contributed by atoms with E-state index in [2.05, 4.69) is 0 Å². The molecule has 0 saturated heterocycles. The third kappa shape index (κ3) is 4.22. The number of nitro benzene ring substituents is 1. The lowest BCUT2D eigenvalue weighted by Gasteiger charge is -2.37. The second kappa shape index (κ2) is 9.41. The van der Waals surface area contributed by atoms with Crippen LogP contribution in [0.3, 0.4) is 0 Å². The third-order valence-corrected chi connectivity index (χ3v) is 7.05. The second-order valence-electron chi connectivity index (χ2n) is 9.79. The number of carbonyl (C=O) groups is 2. The summed E-state index contributed by atoms with van der Waals surface area (Å²) in [7, 11) is 0. The Balaban J connectivity index is 1.84. The first-order chi connectivity index (χ1) is 16.2. The van der Waals surface area contributed by atoms with Crippen molar-refractivity contribution in [3.8, 4) is 0 Å². The highest BCUT2D eigenvalue weighted by atomic mass is 16.6. The number of nitrogens with zero attached hydrogens (tertiary/aromatic N) is 2. The maximum atomic E-state index is 13.4. The fraction of sp³-hybridized carbons (Fsp3) is 0.407. The summed E-state index contributed by atoms with van der Waals surface area (Å²) < 4.78 is 0. The van der Waals surface area contributed by atoms with Crippen LogP contribution in [0.1, 0.15) is 63.1 Å². The van der Waals surface area contributed by atoms with Crippen LogP contribution in [-0.2, 0) is 15.0 Å². The zero-order valence-electron chi connectivity index (χ0n) is 19.6. The number of hydrogen-bond donors (Lipinski definition) is 1. The highest BCUT2D eigenvalue weighted by molar-refractivity contribution is 6.09. The molecule has 2 aliphatic rings. The molecule has 0 aromatic heterocycles. The minimum atomic E-state index is -0.999. The Morgan fingerprint density at radius 2 is 1.74 bits per heavy atom. The number of carbonyl (C=O) groups excluding carboxylic acids is 2. The van der Waals surface area contributed by atoms with E-state index in [9.17, 15) is 24.8 Å². The van der Waals surface area contributed by atoms with Crippen LogP contribution in [0, 0.1) is 16.0 Å². The average molecular weight is 463 g/mol. The Morgan fingerprint density at radius 1 is 1.12 bits per heavy atom. The number of aliphatic hydroxyl groups is 1. The van der Waals surface area contributed by atoms with Crippen LogP contribution in [0.15, 0.2) is 65.9 Å². The van der Waals surface area contributed by atoms with Crippen LogP contribution in [0.5, 0.6) is 0 Å². The van der Waals surface area contributed by atoms with E-state index >= 15 is 0 Å². The molecule has 7 nitrogen and oxygen atoms in total. The maximum absolute atomic E-state index is 13.4. The molecule has 0 bridgehead atoms. The van der Waals surface area contributed by atoms with E-state index in [-0.39, 0.29) is 46.9 Å². The first-order valence-electron chi connectivity index (χ1n) is 11.8. The summed E-state index contributed by atoms with van der Waals surface area (Å²) in [4.78, 5) is 39.5. The van der Waals surface area contributed by atoms with Crippen molar-refractivity contribution in [2.75, 3.05) is 6.54 Å². The van der Waals surface area contributed by atoms with Gasteiger partial charge in [0.15, 0.2) is 11.5 Å². The fourth-order valence-corrected chi connectivity index (χ4v) is 5.50. The predicted octanol–water partition coefficient (Wildman–Crippen LogP) is 5.42. The van der Waals surface area contributed by atoms with Gasteiger partial charge in [0, 0.05) is 24.4 Å². The van der Waals surface area contributed by atoms with Crippen LogP contribution < -0.4 is 0 Å². The maximum Gasteiger partial charge on any atom is 0.290 e. The lowest BCUT2D eigenvalue weighted by molar-refractivity contribution is -0.385. The number of aliphatic hydroxyl groups excluding tert-OH is 1. The Hall–Kier alpha value is -3.48. The molecule has 2 aromatic carbocycles. The zero-order valence-corrected chi connectivity index (χ0v) is 19.6. The van der Waals surface area contributed by atoms with Crippen molar-refractivity contribution in [2.45, 2.75) is 57.4 Å². The SMILES string of the molecule is CC(C)CC(=O)C1=C(O)C(=O)N(CC2(c3ccccc3)CCCC2)C1c1ccccc1[N+](=O)[O-]. The van der Waals surface area contributed by atoms with Gasteiger partial charge in [-0.2, -0.15) is 0 Å². The lowest BCUT2D eigenvalue weighted by Crippen LogP contribution is -2.42. The molecular weight excluding hydrogens is 432 g/mol. The van der Waals surface area contributed by atoms with Gasteiger partial charge in [0.25, 0.3) is 11.6 Å². The Kier molecular flexibility index (Phi) is 6.55. The van der Waals surface area contributed by atoms with Gasteiger partial charge in [0.05, 0.1) is 22.1 Å². The van der Waals surface area contributed by atoms with Crippen molar-refractivity contribution in [3.05, 3.63) is 87.2 Å². The molecule has 1 aliphatic heterocycles. The summed E-state index contributed by atoms with van der Waals surface area (Å²) in [6, 6.07) is 15.1. The van der Waals surface area contributed by atoms with E-state index in [4.69, 9.17) is 0 Å². The molecule has 1 aliphatic carbocycles. The third-order valence-electron chi connectivity index (χ3n) is 7.05. The summed E-state index contributed by atoms with van der Waals surface area (Å²) in [5, 5.41) is 22.8. The van der Waals surface area contributed by atoms with Crippen molar-refractivity contribution in [1.29, 1.82) is 0 Å². The average Bonchev–Trinajstić information content (AvgIpc) is 3.39. The number of para-hydroxylation sites is 1. The second-order valence-corrected chi connectivity index (χ2v) is 9.79. The van der Waals surface area contributed by atoms with Gasteiger partial charge < -0.3 is 10.0 Å². The van der Waals surface area contributed by atoms with Crippen molar-refractivity contribution >= 4 is 17.4 Å². The zero-order chi connectivity index (χ0) is 24.5. The summed E-state index contributed by atoms with van der Waals surface area (Å²) in [5.41, 5.74) is 0.806. The molecule has 1 atom stereocenters. The van der Waals surface area contributed by atoms with Gasteiger partial charge in [-0.05, 0) is 30.4 Å². The van der Waals surface area contributed by atoms with Gasteiger partial charge in [0.2, 0.25) is 0 Å². The lowest BCUT2D eigenvalue weighted by atomic mass is 9.78. The number of hydrogen-bond acceptors (Lipinski definition) is 5. The molecule has 4 rings (SSSR count). The first kappa shape index (κ1) is 23.7. The van der Waals surface area contributed by atoms with E-state index in [1.165, 1.54) is 11.0 Å². The number of rotatable bonds is 8. The molecule has 0 spiro atoms. The standard InChI is InChI=1S/C27H30N2O5/c1-18(2)16-22(30)23-24(20-12-6-7-13-21(20)29(33)34)28(26(32)25(23)31)17-27(14-8-9-15-27)19-10-4-3-5-11-19/h3-7,10-13,18,24,31H,8-9,14-17H2,1-2H3. The van der Waals surface area contributed by atoms with E-state index < -0.39 is 22.6 Å². The minimum Gasteiger partial charge on any atom is -0.503 e. The molecule has 1 unspecified atom stereocenters. The molecule has 34 heavy (non-hydrogen) atoms. The molecule has 2 aromatic rings. The van der Waals surface area contributed by atoms with Gasteiger partial charge >= 0.3 is 0 Å². The number of Topliss-reactive ketones (excluding diaryl/α,β-unsaturated/α-hetero) is 1. The van der Waals surface area contributed by atoms with Crippen molar-refractivity contribution < 1.29 is 19.6 Å². The highest BCUT2D eigenvalue weighted by Gasteiger charge is 2.49. The molecule has 1 N–H and O–H groups in total. The molecule has 0 radical (unpaired) electrons. The van der Waals surface area contributed by atoms with Crippen molar-refractivity contribution in [3.63, 3.8) is 0 Å². The van der Waals surface area contributed by atoms with Gasteiger partial charge in [-0.15, -0.1) is 0 Å². The largest absolute Gasteiger partial charge is 0.503 e. The Morgan fingerprint density at radius 3 is 2.35 bits per heavy atom. The summed E-state index contributed by atoms with van der Waals surface area (Å²) in [5.74, 6) is -1.58.